The SMILES string of the molecule is CN(C)C1(CNc2c(C#N)c(=O)n(C)c(=O)n2C)CCCC1. The quantitative estimate of drug-likeness (QED) is 0.861. The topological polar surface area (TPSA) is 83.1 Å². The van der Waals surface area contributed by atoms with Gasteiger partial charge in [0.2, 0.25) is 0 Å². The molecule has 7 nitrogen and oxygen atoms in total. The van der Waals surface area contributed by atoms with Crippen LogP contribution in [-0.2, 0) is 14.1 Å². The molecule has 1 N–H and O–H groups in total. The molecule has 7 heteroatoms. The van der Waals surface area contributed by atoms with E-state index in [1.54, 1.807) is 7.05 Å². The highest BCUT2D eigenvalue weighted by Crippen LogP contribution is 2.33. The van der Waals surface area contributed by atoms with Gasteiger partial charge in [-0.3, -0.25) is 13.9 Å². The van der Waals surface area contributed by atoms with Gasteiger partial charge < -0.3 is 10.2 Å². The van der Waals surface area contributed by atoms with Crippen molar-refractivity contribution in [2.24, 2.45) is 14.1 Å². The lowest BCUT2D eigenvalue weighted by Gasteiger charge is -2.37. The van der Waals surface area contributed by atoms with Gasteiger partial charge >= 0.3 is 5.69 Å². The molecule has 120 valence electrons. The minimum atomic E-state index is -0.557. The molecule has 0 saturated heterocycles. The van der Waals surface area contributed by atoms with Crippen molar-refractivity contribution < 1.29 is 0 Å². The van der Waals surface area contributed by atoms with Crippen LogP contribution in [0.2, 0.25) is 0 Å². The molecule has 1 fully saturated rings. The predicted octanol–water partition coefficient (Wildman–Crippen LogP) is 0.242. The van der Waals surface area contributed by atoms with E-state index in [0.717, 1.165) is 17.4 Å². The monoisotopic (exact) mass is 305 g/mol. The van der Waals surface area contributed by atoms with Gasteiger partial charge in [-0.2, -0.15) is 5.26 Å². The second-order valence-corrected chi connectivity index (χ2v) is 6.22. The van der Waals surface area contributed by atoms with Crippen LogP contribution in [0.5, 0.6) is 0 Å². The largest absolute Gasteiger partial charge is 0.368 e. The molecule has 0 spiro atoms. The Bertz CT molecular complexity index is 717. The molecule has 1 aliphatic carbocycles. The van der Waals surface area contributed by atoms with Gasteiger partial charge in [-0.15, -0.1) is 0 Å². The molecule has 0 aliphatic heterocycles. The molecule has 0 unspecified atom stereocenters. The number of rotatable bonds is 4. The van der Waals surface area contributed by atoms with Crippen LogP contribution in [-0.4, -0.2) is 40.2 Å². The fourth-order valence-corrected chi connectivity index (χ4v) is 3.22. The molecule has 22 heavy (non-hydrogen) atoms. The summed E-state index contributed by atoms with van der Waals surface area (Å²) in [4.78, 5) is 26.3. The minimum Gasteiger partial charge on any atom is -0.368 e. The third-order valence-corrected chi connectivity index (χ3v) is 4.84. The van der Waals surface area contributed by atoms with E-state index in [1.165, 1.54) is 24.5 Å². The first-order valence-electron chi connectivity index (χ1n) is 7.45. The van der Waals surface area contributed by atoms with Crippen molar-refractivity contribution >= 4 is 5.82 Å². The molecule has 1 aliphatic rings. The van der Waals surface area contributed by atoms with Gasteiger partial charge in [0, 0.05) is 26.2 Å². The van der Waals surface area contributed by atoms with Gasteiger partial charge in [0.1, 0.15) is 11.9 Å². The van der Waals surface area contributed by atoms with E-state index in [9.17, 15) is 14.9 Å². The molecule has 1 aromatic heterocycles. The van der Waals surface area contributed by atoms with Crippen molar-refractivity contribution in [3.63, 3.8) is 0 Å². The summed E-state index contributed by atoms with van der Waals surface area (Å²) in [7, 11) is 7.04. The van der Waals surface area contributed by atoms with Gasteiger partial charge in [0.25, 0.3) is 5.56 Å². The first-order chi connectivity index (χ1) is 10.3. The van der Waals surface area contributed by atoms with Crippen molar-refractivity contribution in [1.29, 1.82) is 5.26 Å². The van der Waals surface area contributed by atoms with Crippen molar-refractivity contribution in [2.75, 3.05) is 26.0 Å². The summed E-state index contributed by atoms with van der Waals surface area (Å²) in [5, 5.41) is 12.5. The van der Waals surface area contributed by atoms with Gasteiger partial charge in [-0.25, -0.2) is 4.79 Å². The van der Waals surface area contributed by atoms with Gasteiger partial charge in [-0.1, -0.05) is 12.8 Å². The Hall–Kier alpha value is -2.07. The first kappa shape index (κ1) is 16.3. The van der Waals surface area contributed by atoms with E-state index in [-0.39, 0.29) is 11.1 Å². The summed E-state index contributed by atoms with van der Waals surface area (Å²) in [6.07, 6.45) is 4.46. The van der Waals surface area contributed by atoms with Crippen LogP contribution in [0.3, 0.4) is 0 Å². The van der Waals surface area contributed by atoms with Crippen molar-refractivity contribution in [1.82, 2.24) is 14.0 Å². The van der Waals surface area contributed by atoms with Crippen molar-refractivity contribution in [3.05, 3.63) is 26.4 Å². The maximum absolute atomic E-state index is 12.1. The van der Waals surface area contributed by atoms with Crippen LogP contribution in [0.4, 0.5) is 5.82 Å². The van der Waals surface area contributed by atoms with Crippen LogP contribution in [0, 0.1) is 11.3 Å². The van der Waals surface area contributed by atoms with E-state index in [1.807, 2.05) is 20.2 Å². The summed E-state index contributed by atoms with van der Waals surface area (Å²) in [6, 6.07) is 1.92. The van der Waals surface area contributed by atoms with Gasteiger partial charge in [-0.05, 0) is 26.9 Å². The Morgan fingerprint density at radius 2 is 1.82 bits per heavy atom. The third kappa shape index (κ3) is 2.55. The van der Waals surface area contributed by atoms with Crippen molar-refractivity contribution in [3.8, 4) is 6.07 Å². The Morgan fingerprint density at radius 3 is 2.32 bits per heavy atom. The molecule has 1 aromatic rings. The highest BCUT2D eigenvalue weighted by atomic mass is 16.2. The number of anilines is 1. The van der Waals surface area contributed by atoms with Crippen LogP contribution >= 0.6 is 0 Å². The first-order valence-corrected chi connectivity index (χ1v) is 7.45. The minimum absolute atomic E-state index is 0.00382. The van der Waals surface area contributed by atoms with E-state index in [0.29, 0.717) is 12.4 Å². The normalized spacial score (nSPS) is 16.7. The fourth-order valence-electron chi connectivity index (χ4n) is 3.22. The molecule has 0 radical (unpaired) electrons. The Balaban J connectivity index is 2.41. The molecule has 0 aromatic carbocycles. The third-order valence-electron chi connectivity index (χ3n) is 4.84. The molecule has 2 rings (SSSR count). The fraction of sp³-hybridized carbons (Fsp3) is 0.667. The maximum Gasteiger partial charge on any atom is 0.332 e. The second kappa shape index (κ2) is 5.97. The summed E-state index contributed by atoms with van der Waals surface area (Å²) in [5.41, 5.74) is -1.00. The van der Waals surface area contributed by atoms with Crippen LogP contribution in [0.1, 0.15) is 31.2 Å². The Morgan fingerprint density at radius 1 is 1.23 bits per heavy atom. The lowest BCUT2D eigenvalue weighted by Crippen LogP contribution is -2.48. The molecule has 0 amide bonds. The molecule has 0 bridgehead atoms. The number of aromatic nitrogens is 2. The standard InChI is InChI=1S/C15H23N5O2/c1-18(2)15(7-5-6-8-15)10-17-12-11(9-16)13(21)20(4)14(22)19(12)3/h17H,5-8,10H2,1-4H3. The Labute approximate surface area is 129 Å². The number of nitrogens with zero attached hydrogens (tertiary/aromatic N) is 4. The molecule has 1 heterocycles. The number of nitriles is 1. The van der Waals surface area contributed by atoms with E-state index in [4.69, 9.17) is 0 Å². The van der Waals surface area contributed by atoms with Gasteiger partial charge in [0.15, 0.2) is 5.56 Å². The lowest BCUT2D eigenvalue weighted by molar-refractivity contribution is 0.172. The summed E-state index contributed by atoms with van der Waals surface area (Å²) >= 11 is 0. The van der Waals surface area contributed by atoms with Crippen molar-refractivity contribution in [2.45, 2.75) is 31.2 Å². The lowest BCUT2D eigenvalue weighted by atomic mass is 9.96. The number of hydrogen-bond donors (Lipinski definition) is 1. The van der Waals surface area contributed by atoms with Gasteiger partial charge in [0.05, 0.1) is 0 Å². The van der Waals surface area contributed by atoms with Crippen LogP contribution in [0.15, 0.2) is 9.59 Å². The summed E-state index contributed by atoms with van der Waals surface area (Å²) in [5.74, 6) is 0.309. The smallest absolute Gasteiger partial charge is 0.332 e. The molecular formula is C15H23N5O2. The molecule has 0 atom stereocenters. The van der Waals surface area contributed by atoms with E-state index in [2.05, 4.69) is 10.2 Å². The zero-order chi connectivity index (χ0) is 16.5. The van der Waals surface area contributed by atoms with Crippen LogP contribution in [0.25, 0.3) is 0 Å². The molecule has 1 saturated carbocycles. The summed E-state index contributed by atoms with van der Waals surface area (Å²) < 4.78 is 2.29. The predicted molar refractivity (Wildman–Crippen MR) is 85.0 cm³/mol. The summed E-state index contributed by atoms with van der Waals surface area (Å²) in [6.45, 7) is 0.606. The number of likely N-dealkylation sites (N-methyl/N-ethyl adjacent to an activating group) is 1. The second-order valence-electron chi connectivity index (χ2n) is 6.22. The average Bonchev–Trinajstić information content (AvgIpc) is 2.97. The average molecular weight is 305 g/mol. The maximum atomic E-state index is 12.1. The number of nitrogens with one attached hydrogen (secondary N) is 1. The zero-order valence-electron chi connectivity index (χ0n) is 13.6. The van der Waals surface area contributed by atoms with Crippen LogP contribution < -0.4 is 16.6 Å². The Kier molecular flexibility index (Phi) is 4.42. The highest BCUT2D eigenvalue weighted by molar-refractivity contribution is 5.51. The van der Waals surface area contributed by atoms with E-state index >= 15 is 0 Å². The highest BCUT2D eigenvalue weighted by Gasteiger charge is 2.36. The number of hydrogen-bond acceptors (Lipinski definition) is 5. The zero-order valence-corrected chi connectivity index (χ0v) is 13.6. The van der Waals surface area contributed by atoms with E-state index < -0.39 is 11.2 Å². The molecular weight excluding hydrogens is 282 g/mol.